The number of benzene rings is 1. The van der Waals surface area contributed by atoms with E-state index in [-0.39, 0.29) is 5.91 Å². The summed E-state index contributed by atoms with van der Waals surface area (Å²) in [5.41, 5.74) is 4.81. The molecule has 6 nitrogen and oxygen atoms in total. The van der Waals surface area contributed by atoms with E-state index >= 15 is 0 Å². The lowest BCUT2D eigenvalue weighted by molar-refractivity contribution is 0.102. The molecule has 0 radical (unpaired) electrons. The van der Waals surface area contributed by atoms with Gasteiger partial charge in [-0.15, -0.1) is 11.3 Å². The molecule has 30 heavy (non-hydrogen) atoms. The van der Waals surface area contributed by atoms with E-state index in [1.807, 2.05) is 35.0 Å². The number of nitrogens with one attached hydrogen (secondary N) is 1. The molecule has 3 aromatic rings. The van der Waals surface area contributed by atoms with Crippen LogP contribution in [-0.2, 0) is 19.4 Å². The van der Waals surface area contributed by atoms with Crippen molar-refractivity contribution in [3.63, 3.8) is 0 Å². The number of thiazole rings is 1. The standard InChI is InChI=1S/C23H27N5OS/c1-16-10-12-27(13-11-16)14-17-15-30-23(24-17)25-22(29)21-19-8-5-9-20(19)28(26-21)18-6-3-2-4-7-18/h2-4,6-7,15-16H,5,8-14H2,1H3,(H,24,25,29). The monoisotopic (exact) mass is 421 g/mol. The Balaban J connectivity index is 1.30. The van der Waals surface area contributed by atoms with Crippen LogP contribution in [0.15, 0.2) is 35.7 Å². The van der Waals surface area contributed by atoms with Crippen LogP contribution in [0.25, 0.3) is 5.69 Å². The minimum absolute atomic E-state index is 0.157. The number of carbonyl (C=O) groups excluding carboxylic acids is 1. The number of rotatable bonds is 5. The van der Waals surface area contributed by atoms with Crippen molar-refractivity contribution in [2.45, 2.75) is 45.6 Å². The van der Waals surface area contributed by atoms with Gasteiger partial charge in [-0.2, -0.15) is 5.10 Å². The molecule has 3 heterocycles. The van der Waals surface area contributed by atoms with Gasteiger partial charge in [-0.3, -0.25) is 15.0 Å². The summed E-state index contributed by atoms with van der Waals surface area (Å²) in [6, 6.07) is 10.0. The van der Waals surface area contributed by atoms with Gasteiger partial charge >= 0.3 is 0 Å². The van der Waals surface area contributed by atoms with E-state index in [2.05, 4.69) is 32.6 Å². The molecule has 1 amide bonds. The topological polar surface area (TPSA) is 63.1 Å². The molecule has 5 rings (SSSR count). The number of para-hydroxylation sites is 1. The zero-order valence-electron chi connectivity index (χ0n) is 17.3. The summed E-state index contributed by atoms with van der Waals surface area (Å²) < 4.78 is 1.93. The molecule has 0 bridgehead atoms. The van der Waals surface area contributed by atoms with E-state index < -0.39 is 0 Å². The van der Waals surface area contributed by atoms with Crippen LogP contribution in [0.2, 0.25) is 0 Å². The second kappa shape index (κ2) is 8.32. The first-order valence-corrected chi connectivity index (χ1v) is 11.7. The summed E-state index contributed by atoms with van der Waals surface area (Å²) in [5.74, 6) is 0.666. The van der Waals surface area contributed by atoms with Crippen LogP contribution >= 0.6 is 11.3 Å². The van der Waals surface area contributed by atoms with E-state index in [0.29, 0.717) is 10.8 Å². The third-order valence-electron chi connectivity index (χ3n) is 6.18. The number of likely N-dealkylation sites (tertiary alicyclic amines) is 1. The van der Waals surface area contributed by atoms with Crippen LogP contribution < -0.4 is 5.32 Å². The molecule has 2 aliphatic rings. The highest BCUT2D eigenvalue weighted by Gasteiger charge is 2.27. The smallest absolute Gasteiger partial charge is 0.278 e. The largest absolute Gasteiger partial charge is 0.297 e. The fraction of sp³-hybridized carbons (Fsp3) is 0.435. The molecular weight excluding hydrogens is 394 g/mol. The van der Waals surface area contributed by atoms with Gasteiger partial charge in [-0.25, -0.2) is 9.67 Å². The number of anilines is 1. The Morgan fingerprint density at radius 2 is 2.00 bits per heavy atom. The average Bonchev–Trinajstić information content (AvgIpc) is 3.47. The van der Waals surface area contributed by atoms with Gasteiger partial charge in [0, 0.05) is 23.2 Å². The number of piperidine rings is 1. The van der Waals surface area contributed by atoms with Gasteiger partial charge in [0.2, 0.25) is 0 Å². The number of hydrogen-bond acceptors (Lipinski definition) is 5. The molecule has 0 spiro atoms. The van der Waals surface area contributed by atoms with Crippen LogP contribution in [-0.4, -0.2) is 38.7 Å². The molecule has 1 fully saturated rings. The van der Waals surface area contributed by atoms with Crippen LogP contribution in [0, 0.1) is 5.92 Å². The predicted molar refractivity (Wildman–Crippen MR) is 119 cm³/mol. The third kappa shape index (κ3) is 3.91. The van der Waals surface area contributed by atoms with Crippen LogP contribution in [0.1, 0.15) is 53.6 Å². The lowest BCUT2D eigenvalue weighted by Gasteiger charge is -2.29. The van der Waals surface area contributed by atoms with E-state index in [1.54, 1.807) is 0 Å². The van der Waals surface area contributed by atoms with Crippen LogP contribution in [0.5, 0.6) is 0 Å². The van der Waals surface area contributed by atoms with Gasteiger partial charge in [-0.05, 0) is 63.2 Å². The number of fused-ring (bicyclic) bond motifs is 1. The normalized spacial score (nSPS) is 17.2. The first kappa shape index (κ1) is 19.5. The lowest BCUT2D eigenvalue weighted by Crippen LogP contribution is -2.32. The van der Waals surface area contributed by atoms with Gasteiger partial charge in [0.25, 0.3) is 5.91 Å². The first-order valence-electron chi connectivity index (χ1n) is 10.8. The van der Waals surface area contributed by atoms with Crippen molar-refractivity contribution in [2.24, 2.45) is 5.92 Å². The van der Waals surface area contributed by atoms with Gasteiger partial charge in [0.1, 0.15) is 0 Å². The number of aromatic nitrogens is 3. The summed E-state index contributed by atoms with van der Waals surface area (Å²) in [6.07, 6.45) is 5.43. The Hall–Kier alpha value is -2.51. The lowest BCUT2D eigenvalue weighted by atomic mass is 9.99. The first-order chi connectivity index (χ1) is 14.7. The van der Waals surface area contributed by atoms with Crippen LogP contribution in [0.3, 0.4) is 0 Å². The molecule has 0 saturated carbocycles. The molecule has 2 aromatic heterocycles. The zero-order valence-corrected chi connectivity index (χ0v) is 18.1. The Morgan fingerprint density at radius 3 is 2.80 bits per heavy atom. The molecule has 0 unspecified atom stereocenters. The van der Waals surface area contributed by atoms with E-state index in [4.69, 9.17) is 0 Å². The fourth-order valence-electron chi connectivity index (χ4n) is 4.45. The number of carbonyl (C=O) groups is 1. The molecule has 156 valence electrons. The summed E-state index contributed by atoms with van der Waals surface area (Å²) in [6.45, 7) is 5.44. The third-order valence-corrected chi connectivity index (χ3v) is 6.99. The molecule has 7 heteroatoms. The fourth-order valence-corrected chi connectivity index (χ4v) is 5.14. The van der Waals surface area contributed by atoms with Crippen LogP contribution in [0.4, 0.5) is 5.13 Å². The quantitative estimate of drug-likeness (QED) is 0.667. The number of nitrogens with zero attached hydrogens (tertiary/aromatic N) is 4. The SMILES string of the molecule is CC1CCN(Cc2csc(NC(=O)c3nn(-c4ccccc4)c4c3CCC4)n2)CC1. The van der Waals surface area contributed by atoms with Crippen molar-refractivity contribution < 1.29 is 4.79 Å². The second-order valence-electron chi connectivity index (χ2n) is 8.43. The van der Waals surface area contributed by atoms with Gasteiger partial charge in [-0.1, -0.05) is 25.1 Å². The Kier molecular flexibility index (Phi) is 5.39. The van der Waals surface area contributed by atoms with Crippen molar-refractivity contribution in [1.29, 1.82) is 0 Å². The van der Waals surface area contributed by atoms with E-state index in [1.165, 1.54) is 24.2 Å². The molecule has 0 atom stereocenters. The minimum Gasteiger partial charge on any atom is -0.297 e. The van der Waals surface area contributed by atoms with Crippen molar-refractivity contribution in [3.05, 3.63) is 58.4 Å². The van der Waals surface area contributed by atoms with Gasteiger partial charge < -0.3 is 0 Å². The zero-order chi connectivity index (χ0) is 20.5. The van der Waals surface area contributed by atoms with Crippen molar-refractivity contribution >= 4 is 22.4 Å². The highest BCUT2D eigenvalue weighted by molar-refractivity contribution is 7.13. The maximum Gasteiger partial charge on any atom is 0.278 e. The molecule has 1 aliphatic heterocycles. The summed E-state index contributed by atoms with van der Waals surface area (Å²) in [4.78, 5) is 20.1. The summed E-state index contributed by atoms with van der Waals surface area (Å²) in [5, 5.41) is 10.4. The Morgan fingerprint density at radius 1 is 1.20 bits per heavy atom. The highest BCUT2D eigenvalue weighted by atomic mass is 32.1. The van der Waals surface area contributed by atoms with Crippen molar-refractivity contribution in [3.8, 4) is 5.69 Å². The summed E-state index contributed by atoms with van der Waals surface area (Å²) in [7, 11) is 0. The van der Waals surface area contributed by atoms with Crippen molar-refractivity contribution in [2.75, 3.05) is 18.4 Å². The second-order valence-corrected chi connectivity index (χ2v) is 9.29. The highest BCUT2D eigenvalue weighted by Crippen LogP contribution is 2.29. The predicted octanol–water partition coefficient (Wildman–Crippen LogP) is 4.30. The average molecular weight is 422 g/mol. The Labute approximate surface area is 180 Å². The minimum atomic E-state index is -0.157. The molecular formula is C23H27N5OS. The van der Waals surface area contributed by atoms with E-state index in [0.717, 1.165) is 67.5 Å². The van der Waals surface area contributed by atoms with Crippen molar-refractivity contribution in [1.82, 2.24) is 19.7 Å². The molecule has 1 saturated heterocycles. The van der Waals surface area contributed by atoms with E-state index in [9.17, 15) is 4.79 Å². The summed E-state index contributed by atoms with van der Waals surface area (Å²) >= 11 is 1.49. The Bertz CT molecular complexity index is 1030. The molecule has 1 N–H and O–H groups in total. The molecule has 1 aliphatic carbocycles. The van der Waals surface area contributed by atoms with Gasteiger partial charge in [0.15, 0.2) is 10.8 Å². The maximum absolute atomic E-state index is 13.0. The number of hydrogen-bond donors (Lipinski definition) is 1. The maximum atomic E-state index is 13.0. The van der Waals surface area contributed by atoms with Gasteiger partial charge in [0.05, 0.1) is 11.4 Å². The molecule has 1 aromatic carbocycles. The number of amides is 1.